The zero-order chi connectivity index (χ0) is 15.6. The van der Waals surface area contributed by atoms with Crippen molar-refractivity contribution in [3.05, 3.63) is 12.2 Å². The van der Waals surface area contributed by atoms with Crippen molar-refractivity contribution < 1.29 is 9.47 Å². The zero-order valence-corrected chi connectivity index (χ0v) is 14.2. The molecule has 0 saturated carbocycles. The predicted octanol–water partition coefficient (Wildman–Crippen LogP) is 3.62. The van der Waals surface area contributed by atoms with Crippen molar-refractivity contribution >= 4 is 6.21 Å². The van der Waals surface area contributed by atoms with E-state index in [1.165, 1.54) is 6.42 Å². The number of nitrogens with zero attached hydrogens (tertiary/aromatic N) is 2. The second kappa shape index (κ2) is 9.96. The van der Waals surface area contributed by atoms with Gasteiger partial charge in [0.25, 0.3) is 0 Å². The van der Waals surface area contributed by atoms with Crippen LogP contribution in [0.5, 0.6) is 0 Å². The van der Waals surface area contributed by atoms with E-state index >= 15 is 0 Å². The van der Waals surface area contributed by atoms with Crippen LogP contribution in [0.2, 0.25) is 0 Å². The largest absolute Gasteiger partial charge is 0.376 e. The van der Waals surface area contributed by atoms with Gasteiger partial charge in [0.2, 0.25) is 0 Å². The molecule has 0 radical (unpaired) electrons. The summed E-state index contributed by atoms with van der Waals surface area (Å²) in [6, 6.07) is 0.383. The standard InChI is InChI=1S/C17H32N2O2/c1-5-8-9-14-21-15-12-18-19-13-10-11-16(19)17(6-2,7-3)20-4/h8-9,12,16H,5-7,10-11,13-15H2,1-4H3/b9-8+,18-12+/t16-/m0/s1. The molecule has 1 rings (SSSR count). The van der Waals surface area contributed by atoms with E-state index < -0.39 is 0 Å². The van der Waals surface area contributed by atoms with E-state index in [1.54, 1.807) is 0 Å². The highest BCUT2D eigenvalue weighted by Gasteiger charge is 2.41. The fourth-order valence-electron chi connectivity index (χ4n) is 3.13. The maximum Gasteiger partial charge on any atom is 0.0892 e. The van der Waals surface area contributed by atoms with E-state index in [2.05, 4.69) is 43.0 Å². The molecule has 0 unspecified atom stereocenters. The molecule has 1 atom stereocenters. The molecule has 0 spiro atoms. The summed E-state index contributed by atoms with van der Waals surface area (Å²) in [7, 11) is 1.83. The first-order valence-corrected chi connectivity index (χ1v) is 8.31. The molecule has 1 fully saturated rings. The molecule has 0 aromatic rings. The van der Waals surface area contributed by atoms with Crippen LogP contribution >= 0.6 is 0 Å². The van der Waals surface area contributed by atoms with Crippen molar-refractivity contribution in [2.24, 2.45) is 5.10 Å². The summed E-state index contributed by atoms with van der Waals surface area (Å²) in [5.41, 5.74) is -0.0709. The average molecular weight is 296 g/mol. The van der Waals surface area contributed by atoms with Crippen LogP contribution in [0.25, 0.3) is 0 Å². The lowest BCUT2D eigenvalue weighted by molar-refractivity contribution is -0.0731. The van der Waals surface area contributed by atoms with Gasteiger partial charge >= 0.3 is 0 Å². The van der Waals surface area contributed by atoms with Crippen molar-refractivity contribution in [2.75, 3.05) is 26.9 Å². The molecule has 4 nitrogen and oxygen atoms in total. The molecular formula is C17H32N2O2. The Bertz CT molecular complexity index is 316. The Kier molecular flexibility index (Phi) is 8.62. The molecule has 4 heteroatoms. The van der Waals surface area contributed by atoms with Crippen LogP contribution < -0.4 is 0 Å². The van der Waals surface area contributed by atoms with Crippen LogP contribution in [-0.2, 0) is 9.47 Å². The Hall–Kier alpha value is -0.870. The summed E-state index contributed by atoms with van der Waals surface area (Å²) in [5, 5.41) is 6.81. The second-order valence-electron chi connectivity index (χ2n) is 5.51. The van der Waals surface area contributed by atoms with Gasteiger partial charge in [-0.1, -0.05) is 32.9 Å². The molecule has 0 N–H and O–H groups in total. The molecule has 122 valence electrons. The minimum absolute atomic E-state index is 0.0709. The average Bonchev–Trinajstić information content (AvgIpc) is 2.98. The third kappa shape index (κ3) is 5.11. The smallest absolute Gasteiger partial charge is 0.0892 e. The van der Waals surface area contributed by atoms with Gasteiger partial charge in [-0.15, -0.1) is 0 Å². The van der Waals surface area contributed by atoms with E-state index in [9.17, 15) is 0 Å². The third-order valence-electron chi connectivity index (χ3n) is 4.47. The monoisotopic (exact) mass is 296 g/mol. The highest BCUT2D eigenvalue weighted by molar-refractivity contribution is 5.58. The van der Waals surface area contributed by atoms with E-state index in [4.69, 9.17) is 9.47 Å². The van der Waals surface area contributed by atoms with Crippen molar-refractivity contribution in [3.8, 4) is 0 Å². The normalized spacial score (nSPS) is 20.2. The van der Waals surface area contributed by atoms with Gasteiger partial charge in [-0.2, -0.15) is 5.10 Å². The van der Waals surface area contributed by atoms with E-state index in [1.807, 2.05) is 13.3 Å². The summed E-state index contributed by atoms with van der Waals surface area (Å²) in [6.07, 6.45) is 11.5. The molecule has 0 aliphatic carbocycles. The maximum atomic E-state index is 5.87. The summed E-state index contributed by atoms with van der Waals surface area (Å²) in [5.74, 6) is 0. The number of hydrogen-bond donors (Lipinski definition) is 0. The number of hydrogen-bond acceptors (Lipinski definition) is 4. The SMILES string of the molecule is CC/C=C/COC/C=N/N1CCC[C@H]1C(CC)(CC)OC. The van der Waals surface area contributed by atoms with Gasteiger partial charge in [-0.05, 0) is 32.1 Å². The van der Waals surface area contributed by atoms with Gasteiger partial charge in [-0.25, -0.2) is 0 Å². The summed E-state index contributed by atoms with van der Waals surface area (Å²) >= 11 is 0. The van der Waals surface area contributed by atoms with Crippen molar-refractivity contribution in [2.45, 2.75) is 64.5 Å². The molecule has 0 amide bonds. The highest BCUT2D eigenvalue weighted by atomic mass is 16.5. The van der Waals surface area contributed by atoms with Crippen molar-refractivity contribution in [1.29, 1.82) is 0 Å². The van der Waals surface area contributed by atoms with Crippen LogP contribution in [0.3, 0.4) is 0 Å². The van der Waals surface area contributed by atoms with Crippen molar-refractivity contribution in [3.63, 3.8) is 0 Å². The maximum absolute atomic E-state index is 5.87. The van der Waals surface area contributed by atoms with Gasteiger partial charge < -0.3 is 9.47 Å². The number of rotatable bonds is 10. The van der Waals surface area contributed by atoms with Crippen LogP contribution in [-0.4, -0.2) is 49.7 Å². The number of allylic oxidation sites excluding steroid dienone is 1. The van der Waals surface area contributed by atoms with Crippen molar-refractivity contribution in [1.82, 2.24) is 5.01 Å². The fraction of sp³-hybridized carbons (Fsp3) is 0.824. The van der Waals surface area contributed by atoms with Gasteiger partial charge in [0.1, 0.15) is 0 Å². The Morgan fingerprint density at radius 3 is 2.57 bits per heavy atom. The summed E-state index contributed by atoms with van der Waals surface area (Å²) in [4.78, 5) is 0. The molecule has 0 aromatic carbocycles. The van der Waals surface area contributed by atoms with E-state index in [-0.39, 0.29) is 5.60 Å². The Balaban J connectivity index is 2.47. The first kappa shape index (κ1) is 18.2. The second-order valence-corrected chi connectivity index (χ2v) is 5.51. The molecule has 21 heavy (non-hydrogen) atoms. The molecule has 0 aromatic heterocycles. The Labute approximate surface area is 130 Å². The molecule has 1 aliphatic heterocycles. The number of hydrazone groups is 1. The predicted molar refractivity (Wildman–Crippen MR) is 88.8 cm³/mol. The Morgan fingerprint density at radius 1 is 1.19 bits per heavy atom. The molecule has 1 heterocycles. The first-order chi connectivity index (χ1) is 10.2. The molecule has 1 saturated heterocycles. The Morgan fingerprint density at radius 2 is 1.95 bits per heavy atom. The number of methoxy groups -OCH3 is 1. The van der Waals surface area contributed by atoms with Gasteiger partial charge in [0.15, 0.2) is 0 Å². The lowest BCUT2D eigenvalue weighted by Crippen LogP contribution is -2.48. The van der Waals surface area contributed by atoms with Gasteiger partial charge in [0.05, 0.1) is 31.1 Å². The minimum Gasteiger partial charge on any atom is -0.376 e. The van der Waals surface area contributed by atoms with Gasteiger partial charge in [-0.3, -0.25) is 5.01 Å². The van der Waals surface area contributed by atoms with Crippen LogP contribution in [0.15, 0.2) is 17.3 Å². The van der Waals surface area contributed by atoms with Gasteiger partial charge in [0, 0.05) is 13.7 Å². The summed E-state index contributed by atoms with van der Waals surface area (Å²) < 4.78 is 11.4. The number of ether oxygens (including phenoxy) is 2. The minimum atomic E-state index is -0.0709. The van der Waals surface area contributed by atoms with Crippen LogP contribution in [0.1, 0.15) is 52.9 Å². The molecule has 1 aliphatic rings. The van der Waals surface area contributed by atoms with Crippen LogP contribution in [0.4, 0.5) is 0 Å². The van der Waals surface area contributed by atoms with E-state index in [0.717, 1.165) is 32.2 Å². The third-order valence-corrected chi connectivity index (χ3v) is 4.47. The topological polar surface area (TPSA) is 34.1 Å². The highest BCUT2D eigenvalue weighted by Crippen LogP contribution is 2.34. The lowest BCUT2D eigenvalue weighted by Gasteiger charge is -2.39. The lowest BCUT2D eigenvalue weighted by atomic mass is 9.87. The fourth-order valence-corrected chi connectivity index (χ4v) is 3.13. The summed E-state index contributed by atoms with van der Waals surface area (Å²) in [6.45, 7) is 8.77. The molecular weight excluding hydrogens is 264 g/mol. The zero-order valence-electron chi connectivity index (χ0n) is 14.2. The van der Waals surface area contributed by atoms with E-state index in [0.29, 0.717) is 19.3 Å². The van der Waals surface area contributed by atoms with Crippen LogP contribution in [0, 0.1) is 0 Å². The molecule has 0 bridgehead atoms. The first-order valence-electron chi connectivity index (χ1n) is 8.31. The quantitative estimate of drug-likeness (QED) is 0.351.